The van der Waals surface area contributed by atoms with E-state index >= 15 is 0 Å². The van der Waals surface area contributed by atoms with Crippen molar-refractivity contribution in [3.63, 3.8) is 0 Å². The van der Waals surface area contributed by atoms with Gasteiger partial charge in [-0.05, 0) is 68.4 Å². The Bertz CT molecular complexity index is 611. The van der Waals surface area contributed by atoms with Crippen LogP contribution in [0, 0.1) is 20.8 Å². The van der Waals surface area contributed by atoms with E-state index in [1.54, 1.807) is 0 Å². The van der Waals surface area contributed by atoms with Gasteiger partial charge in [0.2, 0.25) is 0 Å². The van der Waals surface area contributed by atoms with Crippen LogP contribution in [0.2, 0.25) is 0 Å². The summed E-state index contributed by atoms with van der Waals surface area (Å²) in [4.78, 5) is 0. The van der Waals surface area contributed by atoms with Gasteiger partial charge in [0.05, 0.1) is 6.61 Å². The molecule has 2 rings (SSSR count). The van der Waals surface area contributed by atoms with Crippen LogP contribution < -0.4 is 4.74 Å². The molecule has 0 saturated heterocycles. The molecule has 0 fully saturated rings. The lowest BCUT2D eigenvalue weighted by molar-refractivity contribution is 0.304. The van der Waals surface area contributed by atoms with Crippen LogP contribution in [0.4, 0.5) is 0 Å². The molecule has 0 heterocycles. The molecule has 0 N–H and O–H groups in total. The molecular formula is C22H30O. The number of hydrogen-bond donors (Lipinski definition) is 0. The number of benzene rings is 2. The first-order chi connectivity index (χ1) is 11.1. The second-order valence-corrected chi connectivity index (χ2v) is 6.51. The van der Waals surface area contributed by atoms with E-state index in [1.165, 1.54) is 40.7 Å². The minimum atomic E-state index is 0.830. The van der Waals surface area contributed by atoms with Crippen molar-refractivity contribution in [3.8, 4) is 5.75 Å². The molecule has 1 nitrogen and oxygen atoms in total. The standard InChI is InChI=1S/C22H30O/c1-5-6-7-16-23-22-15-14-21(18(3)19(22)4)13-12-20-10-8-17(2)9-11-20/h8-11,14-15H,5-7,12-13,16H2,1-4H3. The lowest BCUT2D eigenvalue weighted by Gasteiger charge is -2.14. The van der Waals surface area contributed by atoms with E-state index in [2.05, 4.69) is 64.1 Å². The highest BCUT2D eigenvalue weighted by Gasteiger charge is 2.07. The van der Waals surface area contributed by atoms with Gasteiger partial charge in [0.15, 0.2) is 0 Å². The van der Waals surface area contributed by atoms with Gasteiger partial charge in [-0.15, -0.1) is 0 Å². The van der Waals surface area contributed by atoms with E-state index in [4.69, 9.17) is 4.74 Å². The molecule has 0 saturated carbocycles. The predicted octanol–water partition coefficient (Wildman–Crippen LogP) is 5.97. The van der Waals surface area contributed by atoms with Crippen LogP contribution in [0.5, 0.6) is 5.75 Å². The highest BCUT2D eigenvalue weighted by molar-refractivity contribution is 5.44. The number of rotatable bonds is 8. The third-order valence-electron chi connectivity index (χ3n) is 4.66. The summed E-state index contributed by atoms with van der Waals surface area (Å²) in [6.07, 6.45) is 5.80. The van der Waals surface area contributed by atoms with Gasteiger partial charge in [-0.1, -0.05) is 55.7 Å². The first kappa shape index (κ1) is 17.6. The van der Waals surface area contributed by atoms with E-state index < -0.39 is 0 Å². The molecule has 0 amide bonds. The highest BCUT2D eigenvalue weighted by Crippen LogP contribution is 2.25. The zero-order valence-corrected chi connectivity index (χ0v) is 15.1. The van der Waals surface area contributed by atoms with Gasteiger partial charge in [-0.3, -0.25) is 0 Å². The van der Waals surface area contributed by atoms with Crippen molar-refractivity contribution in [2.75, 3.05) is 6.61 Å². The summed E-state index contributed by atoms with van der Waals surface area (Å²) in [7, 11) is 0. The third kappa shape index (κ3) is 5.13. The fourth-order valence-electron chi connectivity index (χ4n) is 2.85. The Labute approximate surface area is 141 Å². The average molecular weight is 310 g/mol. The monoisotopic (exact) mass is 310 g/mol. The zero-order chi connectivity index (χ0) is 16.7. The maximum atomic E-state index is 5.95. The van der Waals surface area contributed by atoms with Crippen LogP contribution in [0.15, 0.2) is 36.4 Å². The van der Waals surface area contributed by atoms with Crippen LogP contribution in [0.25, 0.3) is 0 Å². The van der Waals surface area contributed by atoms with Crippen LogP contribution in [0.1, 0.15) is 54.0 Å². The molecule has 1 heteroatoms. The van der Waals surface area contributed by atoms with E-state index in [1.807, 2.05) is 0 Å². The summed E-state index contributed by atoms with van der Waals surface area (Å²) in [5.41, 5.74) is 6.84. The summed E-state index contributed by atoms with van der Waals surface area (Å²) < 4.78 is 5.95. The molecule has 2 aromatic carbocycles. The molecule has 0 bridgehead atoms. The first-order valence-corrected chi connectivity index (χ1v) is 8.89. The number of hydrogen-bond acceptors (Lipinski definition) is 1. The van der Waals surface area contributed by atoms with Gasteiger partial charge in [-0.25, -0.2) is 0 Å². The lowest BCUT2D eigenvalue weighted by atomic mass is 9.96. The van der Waals surface area contributed by atoms with E-state index in [0.717, 1.165) is 31.6 Å². The summed E-state index contributed by atoms with van der Waals surface area (Å²) >= 11 is 0. The molecule has 0 atom stereocenters. The third-order valence-corrected chi connectivity index (χ3v) is 4.66. The molecule has 0 spiro atoms. The fraction of sp³-hybridized carbons (Fsp3) is 0.455. The minimum Gasteiger partial charge on any atom is -0.493 e. The lowest BCUT2D eigenvalue weighted by Crippen LogP contribution is -2.02. The number of aryl methyl sites for hydroxylation is 3. The number of ether oxygens (including phenoxy) is 1. The molecule has 0 aromatic heterocycles. The Hall–Kier alpha value is -1.76. The predicted molar refractivity (Wildman–Crippen MR) is 99.5 cm³/mol. The first-order valence-electron chi connectivity index (χ1n) is 8.89. The maximum absolute atomic E-state index is 5.95. The highest BCUT2D eigenvalue weighted by atomic mass is 16.5. The largest absolute Gasteiger partial charge is 0.493 e. The quantitative estimate of drug-likeness (QED) is 0.546. The van der Waals surface area contributed by atoms with Crippen molar-refractivity contribution in [1.82, 2.24) is 0 Å². The van der Waals surface area contributed by atoms with E-state index in [9.17, 15) is 0 Å². The SMILES string of the molecule is CCCCCOc1ccc(CCc2ccc(C)cc2)c(C)c1C. The second-order valence-electron chi connectivity index (χ2n) is 6.51. The Morgan fingerprint density at radius 2 is 1.52 bits per heavy atom. The second kappa shape index (κ2) is 8.76. The van der Waals surface area contributed by atoms with Crippen molar-refractivity contribution in [2.45, 2.75) is 59.8 Å². The fourth-order valence-corrected chi connectivity index (χ4v) is 2.85. The smallest absolute Gasteiger partial charge is 0.122 e. The Balaban J connectivity index is 1.97. The van der Waals surface area contributed by atoms with Crippen molar-refractivity contribution < 1.29 is 4.74 Å². The van der Waals surface area contributed by atoms with Crippen LogP contribution >= 0.6 is 0 Å². The van der Waals surface area contributed by atoms with Crippen molar-refractivity contribution in [3.05, 3.63) is 64.2 Å². The summed E-state index contributed by atoms with van der Waals surface area (Å²) in [5.74, 6) is 1.05. The van der Waals surface area contributed by atoms with E-state index in [-0.39, 0.29) is 0 Å². The Kier molecular flexibility index (Phi) is 6.70. The summed E-state index contributed by atoms with van der Waals surface area (Å²) in [6.45, 7) is 9.59. The molecule has 0 aliphatic heterocycles. The van der Waals surface area contributed by atoms with Gasteiger partial charge < -0.3 is 4.74 Å². The van der Waals surface area contributed by atoms with Crippen molar-refractivity contribution in [2.24, 2.45) is 0 Å². The molecule has 124 valence electrons. The Morgan fingerprint density at radius 1 is 0.783 bits per heavy atom. The van der Waals surface area contributed by atoms with Gasteiger partial charge in [0, 0.05) is 0 Å². The summed E-state index contributed by atoms with van der Waals surface area (Å²) in [6, 6.07) is 13.3. The average Bonchev–Trinajstić information content (AvgIpc) is 2.56. The van der Waals surface area contributed by atoms with Gasteiger partial charge in [-0.2, -0.15) is 0 Å². The van der Waals surface area contributed by atoms with Crippen LogP contribution in [-0.2, 0) is 12.8 Å². The topological polar surface area (TPSA) is 9.23 Å². The summed E-state index contributed by atoms with van der Waals surface area (Å²) in [5, 5.41) is 0. The molecule has 0 aliphatic rings. The van der Waals surface area contributed by atoms with Gasteiger partial charge >= 0.3 is 0 Å². The van der Waals surface area contributed by atoms with Crippen LogP contribution in [-0.4, -0.2) is 6.61 Å². The normalized spacial score (nSPS) is 10.8. The molecule has 2 aromatic rings. The molecule has 0 radical (unpaired) electrons. The Morgan fingerprint density at radius 3 is 2.22 bits per heavy atom. The maximum Gasteiger partial charge on any atom is 0.122 e. The molecular weight excluding hydrogens is 280 g/mol. The molecule has 0 aliphatic carbocycles. The van der Waals surface area contributed by atoms with Gasteiger partial charge in [0.1, 0.15) is 5.75 Å². The van der Waals surface area contributed by atoms with Crippen molar-refractivity contribution >= 4 is 0 Å². The number of unbranched alkanes of at least 4 members (excludes halogenated alkanes) is 2. The molecule has 23 heavy (non-hydrogen) atoms. The minimum absolute atomic E-state index is 0.830. The van der Waals surface area contributed by atoms with Gasteiger partial charge in [0.25, 0.3) is 0 Å². The van der Waals surface area contributed by atoms with Crippen molar-refractivity contribution in [1.29, 1.82) is 0 Å². The zero-order valence-electron chi connectivity index (χ0n) is 15.1. The van der Waals surface area contributed by atoms with E-state index in [0.29, 0.717) is 0 Å². The molecule has 0 unspecified atom stereocenters. The van der Waals surface area contributed by atoms with Crippen LogP contribution in [0.3, 0.4) is 0 Å².